The molecule has 2 aromatic heterocycles. The largest absolute Gasteiger partial charge is 0.356 e. The van der Waals surface area contributed by atoms with Gasteiger partial charge in [-0.25, -0.2) is 9.97 Å². The molecule has 1 aliphatic heterocycles. The van der Waals surface area contributed by atoms with Crippen LogP contribution in [0.25, 0.3) is 10.2 Å². The molecule has 6 heteroatoms. The van der Waals surface area contributed by atoms with E-state index in [0.29, 0.717) is 6.54 Å². The van der Waals surface area contributed by atoms with Gasteiger partial charge in [-0.3, -0.25) is 4.79 Å². The molecule has 1 amide bonds. The van der Waals surface area contributed by atoms with Gasteiger partial charge in [-0.05, 0) is 57.6 Å². The van der Waals surface area contributed by atoms with Gasteiger partial charge in [-0.1, -0.05) is 29.8 Å². The molecule has 5 nitrogen and oxygen atoms in total. The van der Waals surface area contributed by atoms with E-state index in [2.05, 4.69) is 46.4 Å². The van der Waals surface area contributed by atoms with Crippen LogP contribution in [-0.2, 0) is 6.42 Å². The maximum atomic E-state index is 12.9. The Kier molecular flexibility index (Phi) is 5.81. The van der Waals surface area contributed by atoms with Gasteiger partial charge in [0.25, 0.3) is 5.91 Å². The average Bonchev–Trinajstić information content (AvgIpc) is 3.06. The standard InChI is InChI=1S/C23H28N4OS/c1-15-7-9-18(10-8-15)11-12-24-22(28)20-16(2)19-21(27-13-5-4-6-14-27)25-17(3)26-23(19)29-20/h7-10H,4-6,11-14H2,1-3H3,(H,24,28). The molecular formula is C23H28N4OS. The Labute approximate surface area is 176 Å². The Hall–Kier alpha value is -2.47. The summed E-state index contributed by atoms with van der Waals surface area (Å²) in [6.07, 6.45) is 4.50. The van der Waals surface area contributed by atoms with Crippen LogP contribution in [0.2, 0.25) is 0 Å². The quantitative estimate of drug-likeness (QED) is 0.671. The van der Waals surface area contributed by atoms with Crippen LogP contribution in [0.1, 0.15) is 51.4 Å². The summed E-state index contributed by atoms with van der Waals surface area (Å²) in [7, 11) is 0. The van der Waals surface area contributed by atoms with Crippen LogP contribution < -0.4 is 10.2 Å². The summed E-state index contributed by atoms with van der Waals surface area (Å²) >= 11 is 1.48. The highest BCUT2D eigenvalue weighted by Gasteiger charge is 2.23. The molecule has 0 unspecified atom stereocenters. The van der Waals surface area contributed by atoms with Crippen molar-refractivity contribution in [1.82, 2.24) is 15.3 Å². The molecular weight excluding hydrogens is 380 g/mol. The van der Waals surface area contributed by atoms with Crippen LogP contribution in [0.15, 0.2) is 24.3 Å². The van der Waals surface area contributed by atoms with Crippen molar-refractivity contribution in [3.8, 4) is 0 Å². The predicted molar refractivity (Wildman–Crippen MR) is 120 cm³/mol. The van der Waals surface area contributed by atoms with Crippen LogP contribution in [0.5, 0.6) is 0 Å². The van der Waals surface area contributed by atoms with Crippen molar-refractivity contribution in [1.29, 1.82) is 0 Å². The first kappa shape index (κ1) is 19.8. The second-order valence-corrected chi connectivity index (χ2v) is 8.87. The predicted octanol–water partition coefficient (Wildman–Crippen LogP) is 4.58. The number of aryl methyl sites for hydroxylation is 3. The van der Waals surface area contributed by atoms with E-state index in [-0.39, 0.29) is 5.91 Å². The first-order valence-corrected chi connectivity index (χ1v) is 11.2. The van der Waals surface area contributed by atoms with Crippen molar-refractivity contribution in [2.75, 3.05) is 24.5 Å². The first-order valence-electron chi connectivity index (χ1n) is 10.4. The van der Waals surface area contributed by atoms with Crippen molar-refractivity contribution < 1.29 is 4.79 Å². The Morgan fingerprint density at radius 1 is 1.07 bits per heavy atom. The van der Waals surface area contributed by atoms with Crippen LogP contribution in [-0.4, -0.2) is 35.5 Å². The SMILES string of the molecule is Cc1ccc(CCNC(=O)c2sc3nc(C)nc(N4CCCCC4)c3c2C)cc1. The van der Waals surface area contributed by atoms with E-state index in [4.69, 9.17) is 4.98 Å². The normalized spacial score (nSPS) is 14.4. The minimum atomic E-state index is -0.0140. The summed E-state index contributed by atoms with van der Waals surface area (Å²) in [5, 5.41) is 4.13. The van der Waals surface area contributed by atoms with Gasteiger partial charge >= 0.3 is 0 Å². The van der Waals surface area contributed by atoms with E-state index in [1.807, 2.05) is 13.8 Å². The summed E-state index contributed by atoms with van der Waals surface area (Å²) in [6, 6.07) is 8.46. The molecule has 1 aromatic carbocycles. The van der Waals surface area contributed by atoms with E-state index in [0.717, 1.165) is 51.8 Å². The zero-order valence-electron chi connectivity index (χ0n) is 17.4. The fraction of sp³-hybridized carbons (Fsp3) is 0.435. The highest BCUT2D eigenvalue weighted by atomic mass is 32.1. The second kappa shape index (κ2) is 8.49. The van der Waals surface area contributed by atoms with Crippen molar-refractivity contribution in [2.24, 2.45) is 0 Å². The lowest BCUT2D eigenvalue weighted by atomic mass is 10.1. The molecule has 1 fully saturated rings. The number of hydrogen-bond acceptors (Lipinski definition) is 5. The van der Waals surface area contributed by atoms with Crippen LogP contribution in [0.3, 0.4) is 0 Å². The molecule has 0 atom stereocenters. The van der Waals surface area contributed by atoms with Crippen molar-refractivity contribution in [3.05, 3.63) is 51.7 Å². The molecule has 0 spiro atoms. The first-order chi connectivity index (χ1) is 14.0. The third kappa shape index (κ3) is 4.27. The fourth-order valence-corrected chi connectivity index (χ4v) is 5.07. The fourth-order valence-electron chi connectivity index (χ4n) is 3.93. The number of rotatable bonds is 5. The van der Waals surface area contributed by atoms with Gasteiger partial charge in [-0.2, -0.15) is 0 Å². The molecule has 3 aromatic rings. The third-order valence-electron chi connectivity index (χ3n) is 5.56. The van der Waals surface area contributed by atoms with Gasteiger partial charge < -0.3 is 10.2 Å². The van der Waals surface area contributed by atoms with E-state index in [1.165, 1.54) is 41.7 Å². The smallest absolute Gasteiger partial charge is 0.261 e. The van der Waals surface area contributed by atoms with Crippen molar-refractivity contribution in [2.45, 2.75) is 46.5 Å². The summed E-state index contributed by atoms with van der Waals surface area (Å²) < 4.78 is 0. The molecule has 0 aliphatic carbocycles. The van der Waals surface area contributed by atoms with Crippen LogP contribution in [0.4, 0.5) is 5.82 Å². The number of carbonyl (C=O) groups excluding carboxylic acids is 1. The number of benzene rings is 1. The van der Waals surface area contributed by atoms with E-state index in [1.54, 1.807) is 0 Å². The van der Waals surface area contributed by atoms with Gasteiger partial charge in [0.05, 0.1) is 10.3 Å². The monoisotopic (exact) mass is 408 g/mol. The molecule has 152 valence electrons. The zero-order chi connectivity index (χ0) is 20.4. The van der Waals surface area contributed by atoms with Crippen molar-refractivity contribution in [3.63, 3.8) is 0 Å². The van der Waals surface area contributed by atoms with Gasteiger partial charge in [0.2, 0.25) is 0 Å². The lowest BCUT2D eigenvalue weighted by Crippen LogP contribution is -2.30. The summed E-state index contributed by atoms with van der Waals surface area (Å²) in [5.74, 6) is 1.75. The highest BCUT2D eigenvalue weighted by Crippen LogP contribution is 2.36. The third-order valence-corrected chi connectivity index (χ3v) is 6.75. The summed E-state index contributed by atoms with van der Waals surface area (Å²) in [4.78, 5) is 26.3. The van der Waals surface area contributed by atoms with E-state index >= 15 is 0 Å². The molecule has 0 radical (unpaired) electrons. The molecule has 29 heavy (non-hydrogen) atoms. The highest BCUT2D eigenvalue weighted by molar-refractivity contribution is 7.20. The number of thiophene rings is 1. The number of anilines is 1. The molecule has 4 rings (SSSR count). The minimum Gasteiger partial charge on any atom is -0.356 e. The number of nitrogens with zero attached hydrogens (tertiary/aromatic N) is 3. The van der Waals surface area contributed by atoms with Gasteiger partial charge in [-0.15, -0.1) is 11.3 Å². The van der Waals surface area contributed by atoms with Gasteiger partial charge in [0.15, 0.2) is 0 Å². The van der Waals surface area contributed by atoms with Gasteiger partial charge in [0, 0.05) is 19.6 Å². The van der Waals surface area contributed by atoms with E-state index in [9.17, 15) is 4.79 Å². The maximum Gasteiger partial charge on any atom is 0.261 e. The molecule has 1 N–H and O–H groups in total. The Morgan fingerprint density at radius 3 is 2.52 bits per heavy atom. The number of nitrogens with one attached hydrogen (secondary N) is 1. The van der Waals surface area contributed by atoms with Gasteiger partial charge in [0.1, 0.15) is 16.5 Å². The minimum absolute atomic E-state index is 0.0140. The lowest BCUT2D eigenvalue weighted by molar-refractivity contribution is 0.0957. The number of hydrogen-bond donors (Lipinski definition) is 1. The number of fused-ring (bicyclic) bond motifs is 1. The summed E-state index contributed by atoms with van der Waals surface area (Å²) in [6.45, 7) is 8.72. The lowest BCUT2D eigenvalue weighted by Gasteiger charge is -2.28. The zero-order valence-corrected chi connectivity index (χ0v) is 18.2. The molecule has 0 bridgehead atoms. The Morgan fingerprint density at radius 2 is 1.79 bits per heavy atom. The number of amides is 1. The topological polar surface area (TPSA) is 58.1 Å². The van der Waals surface area contributed by atoms with Crippen LogP contribution in [0, 0.1) is 20.8 Å². The number of piperidine rings is 1. The molecule has 1 saturated heterocycles. The maximum absolute atomic E-state index is 12.9. The Bertz CT molecular complexity index is 1020. The molecule has 0 saturated carbocycles. The second-order valence-electron chi connectivity index (χ2n) is 7.87. The Balaban J connectivity index is 1.54. The number of aromatic nitrogens is 2. The number of carbonyl (C=O) groups is 1. The average molecular weight is 409 g/mol. The summed E-state index contributed by atoms with van der Waals surface area (Å²) in [5.41, 5.74) is 3.48. The van der Waals surface area contributed by atoms with E-state index < -0.39 is 0 Å². The van der Waals surface area contributed by atoms with Crippen LogP contribution >= 0.6 is 11.3 Å². The van der Waals surface area contributed by atoms with Crippen molar-refractivity contribution >= 4 is 33.3 Å². The molecule has 1 aliphatic rings. The molecule has 3 heterocycles.